The molecule has 19 heavy (non-hydrogen) atoms. The predicted molar refractivity (Wildman–Crippen MR) is 72.6 cm³/mol. The van der Waals surface area contributed by atoms with Gasteiger partial charge in [-0.3, -0.25) is 9.59 Å². The van der Waals surface area contributed by atoms with Gasteiger partial charge in [0, 0.05) is 6.04 Å². The van der Waals surface area contributed by atoms with Gasteiger partial charge in [0.25, 0.3) is 0 Å². The molecule has 1 amide bonds. The van der Waals surface area contributed by atoms with Crippen molar-refractivity contribution < 1.29 is 14.7 Å². The highest BCUT2D eigenvalue weighted by Gasteiger charge is 2.42. The lowest BCUT2D eigenvalue weighted by atomic mass is 9.94. The minimum absolute atomic E-state index is 0.0258. The van der Waals surface area contributed by atoms with Gasteiger partial charge in [0.15, 0.2) is 0 Å². The number of carbonyl (C=O) groups excluding carboxylic acids is 1. The van der Waals surface area contributed by atoms with Crippen LogP contribution in [0.25, 0.3) is 0 Å². The average Bonchev–Trinajstić information content (AvgIpc) is 2.96. The molecule has 5 unspecified atom stereocenters. The van der Waals surface area contributed by atoms with Crippen LogP contribution < -0.4 is 5.32 Å². The molecule has 5 atom stereocenters. The maximum absolute atomic E-state index is 12.3. The van der Waals surface area contributed by atoms with Crippen LogP contribution in [0, 0.1) is 23.7 Å². The number of aliphatic carboxylic acids is 1. The fraction of sp³-hybridized carbons (Fsp3) is 0.867. The van der Waals surface area contributed by atoms with E-state index in [1.807, 2.05) is 0 Å². The van der Waals surface area contributed by atoms with E-state index in [1.54, 1.807) is 0 Å². The second-order valence-electron chi connectivity index (χ2n) is 6.32. The molecule has 0 aromatic carbocycles. The van der Waals surface area contributed by atoms with Gasteiger partial charge in [-0.1, -0.05) is 26.7 Å². The van der Waals surface area contributed by atoms with Crippen LogP contribution in [-0.4, -0.2) is 23.0 Å². The second kappa shape index (κ2) is 5.93. The molecule has 108 valence electrons. The highest BCUT2D eigenvalue weighted by Crippen LogP contribution is 2.39. The molecular formula is C15H25NO3. The van der Waals surface area contributed by atoms with Crippen molar-refractivity contribution in [1.29, 1.82) is 0 Å². The predicted octanol–water partition coefficient (Wildman–Crippen LogP) is 2.43. The van der Waals surface area contributed by atoms with Gasteiger partial charge < -0.3 is 10.4 Å². The van der Waals surface area contributed by atoms with Gasteiger partial charge in [-0.2, -0.15) is 0 Å². The Bertz CT molecular complexity index is 355. The molecule has 0 aliphatic heterocycles. The van der Waals surface area contributed by atoms with Crippen molar-refractivity contribution in [3.63, 3.8) is 0 Å². The Balaban J connectivity index is 1.98. The highest BCUT2D eigenvalue weighted by molar-refractivity contribution is 5.85. The normalized spacial score (nSPS) is 38.3. The number of carboxylic acids is 1. The molecule has 0 saturated heterocycles. The Morgan fingerprint density at radius 2 is 1.89 bits per heavy atom. The van der Waals surface area contributed by atoms with Gasteiger partial charge in [0.2, 0.25) is 5.91 Å². The van der Waals surface area contributed by atoms with Crippen LogP contribution in [0.2, 0.25) is 0 Å². The number of nitrogens with one attached hydrogen (secondary N) is 1. The van der Waals surface area contributed by atoms with Crippen LogP contribution in [0.4, 0.5) is 0 Å². The molecule has 0 heterocycles. The van der Waals surface area contributed by atoms with Crippen molar-refractivity contribution in [2.75, 3.05) is 0 Å². The summed E-state index contributed by atoms with van der Waals surface area (Å²) in [6.45, 7) is 4.24. The van der Waals surface area contributed by atoms with Crippen molar-refractivity contribution in [2.45, 2.75) is 58.4 Å². The summed E-state index contributed by atoms with van der Waals surface area (Å²) in [5.41, 5.74) is 0. The van der Waals surface area contributed by atoms with Crippen molar-refractivity contribution in [2.24, 2.45) is 23.7 Å². The Morgan fingerprint density at radius 3 is 2.42 bits per heavy atom. The molecule has 2 aliphatic carbocycles. The summed E-state index contributed by atoms with van der Waals surface area (Å²) in [5, 5.41) is 12.4. The molecule has 2 rings (SSSR count). The first-order chi connectivity index (χ1) is 9.02. The summed E-state index contributed by atoms with van der Waals surface area (Å²) in [4.78, 5) is 23.6. The zero-order valence-corrected chi connectivity index (χ0v) is 11.9. The summed E-state index contributed by atoms with van der Waals surface area (Å²) >= 11 is 0. The molecule has 0 spiro atoms. The van der Waals surface area contributed by atoms with Crippen molar-refractivity contribution in [3.05, 3.63) is 0 Å². The van der Waals surface area contributed by atoms with E-state index in [9.17, 15) is 14.7 Å². The first kappa shape index (κ1) is 14.4. The first-order valence-electron chi connectivity index (χ1n) is 7.56. The second-order valence-corrected chi connectivity index (χ2v) is 6.32. The maximum atomic E-state index is 12.3. The van der Waals surface area contributed by atoms with Gasteiger partial charge in [-0.05, 0) is 37.5 Å². The summed E-state index contributed by atoms with van der Waals surface area (Å²) < 4.78 is 0. The summed E-state index contributed by atoms with van der Waals surface area (Å²) in [6.07, 6.45) is 5.72. The highest BCUT2D eigenvalue weighted by atomic mass is 16.4. The molecule has 4 heteroatoms. The molecule has 2 fully saturated rings. The Labute approximate surface area is 115 Å². The standard InChI is InChI=1S/C15H25NO3/c1-3-10-7-11(12(8-10)15(18)19)14(17)16-13-6-4-5-9(13)2/h9-13H,3-8H2,1-2H3,(H,16,17)(H,18,19). The summed E-state index contributed by atoms with van der Waals surface area (Å²) in [5.74, 6) is -0.733. The van der Waals surface area contributed by atoms with Gasteiger partial charge in [-0.15, -0.1) is 0 Å². The third-order valence-corrected chi connectivity index (χ3v) is 5.08. The molecule has 0 radical (unpaired) electrons. The lowest BCUT2D eigenvalue weighted by Gasteiger charge is -2.22. The van der Waals surface area contributed by atoms with Gasteiger partial charge in [0.05, 0.1) is 11.8 Å². The Morgan fingerprint density at radius 1 is 1.21 bits per heavy atom. The number of carboxylic acid groups (broad SMARTS) is 1. The monoisotopic (exact) mass is 267 g/mol. The fourth-order valence-electron chi connectivity index (χ4n) is 3.69. The van der Waals surface area contributed by atoms with E-state index in [1.165, 1.54) is 0 Å². The van der Waals surface area contributed by atoms with Gasteiger partial charge in [-0.25, -0.2) is 0 Å². The minimum atomic E-state index is -0.810. The molecule has 2 saturated carbocycles. The van der Waals surface area contributed by atoms with Crippen LogP contribution in [0.1, 0.15) is 52.4 Å². The van der Waals surface area contributed by atoms with Gasteiger partial charge in [0.1, 0.15) is 0 Å². The number of hydrogen-bond donors (Lipinski definition) is 2. The smallest absolute Gasteiger partial charge is 0.307 e. The number of rotatable bonds is 4. The van der Waals surface area contributed by atoms with Crippen LogP contribution in [0.15, 0.2) is 0 Å². The molecule has 0 aromatic rings. The molecule has 4 nitrogen and oxygen atoms in total. The van der Waals surface area contributed by atoms with Crippen LogP contribution in [-0.2, 0) is 9.59 Å². The van der Waals surface area contributed by atoms with Crippen molar-refractivity contribution in [1.82, 2.24) is 5.32 Å². The van der Waals surface area contributed by atoms with E-state index in [-0.39, 0.29) is 17.9 Å². The van der Waals surface area contributed by atoms with E-state index in [0.717, 1.165) is 32.1 Å². The summed E-state index contributed by atoms with van der Waals surface area (Å²) in [7, 11) is 0. The summed E-state index contributed by atoms with van der Waals surface area (Å²) in [6, 6.07) is 0.252. The lowest BCUT2D eigenvalue weighted by Crippen LogP contribution is -2.42. The minimum Gasteiger partial charge on any atom is -0.481 e. The first-order valence-corrected chi connectivity index (χ1v) is 7.56. The SMILES string of the molecule is CCC1CC(C(=O)O)C(C(=O)NC2CCCC2C)C1. The topological polar surface area (TPSA) is 66.4 Å². The van der Waals surface area contributed by atoms with E-state index in [2.05, 4.69) is 19.2 Å². The van der Waals surface area contributed by atoms with Crippen LogP contribution in [0.3, 0.4) is 0 Å². The molecule has 0 aromatic heterocycles. The van der Waals surface area contributed by atoms with E-state index in [0.29, 0.717) is 18.3 Å². The molecule has 2 N–H and O–H groups in total. The third-order valence-electron chi connectivity index (χ3n) is 5.08. The lowest BCUT2D eigenvalue weighted by molar-refractivity contribution is -0.146. The average molecular weight is 267 g/mol. The van der Waals surface area contributed by atoms with Crippen LogP contribution in [0.5, 0.6) is 0 Å². The van der Waals surface area contributed by atoms with E-state index < -0.39 is 11.9 Å². The van der Waals surface area contributed by atoms with Crippen LogP contribution >= 0.6 is 0 Å². The molecule has 0 bridgehead atoms. The number of carbonyl (C=O) groups is 2. The zero-order chi connectivity index (χ0) is 14.0. The Kier molecular flexibility index (Phi) is 4.48. The van der Waals surface area contributed by atoms with E-state index >= 15 is 0 Å². The number of hydrogen-bond acceptors (Lipinski definition) is 2. The fourth-order valence-corrected chi connectivity index (χ4v) is 3.69. The van der Waals surface area contributed by atoms with Gasteiger partial charge >= 0.3 is 5.97 Å². The molecule has 2 aliphatic rings. The zero-order valence-electron chi connectivity index (χ0n) is 11.9. The van der Waals surface area contributed by atoms with Crippen molar-refractivity contribution in [3.8, 4) is 0 Å². The Hall–Kier alpha value is -1.06. The quantitative estimate of drug-likeness (QED) is 0.822. The maximum Gasteiger partial charge on any atom is 0.307 e. The molecular weight excluding hydrogens is 242 g/mol. The van der Waals surface area contributed by atoms with E-state index in [4.69, 9.17) is 0 Å². The largest absolute Gasteiger partial charge is 0.481 e. The number of amides is 1. The third kappa shape index (κ3) is 3.10. The van der Waals surface area contributed by atoms with Crippen molar-refractivity contribution >= 4 is 11.9 Å².